The number of aliphatic imine (C=N–C) groups is 1. The smallest absolute Gasteiger partial charge is 0.261 e. The quantitative estimate of drug-likeness (QED) is 0.734. The van der Waals surface area contributed by atoms with Crippen LogP contribution in [-0.4, -0.2) is 34.0 Å². The Labute approximate surface area is 120 Å². The summed E-state index contributed by atoms with van der Waals surface area (Å²) in [4.78, 5) is 32.5. The van der Waals surface area contributed by atoms with Crippen molar-refractivity contribution < 1.29 is 9.59 Å². The molecule has 0 radical (unpaired) electrons. The Hall–Kier alpha value is -2.08. The van der Waals surface area contributed by atoms with E-state index >= 15 is 0 Å². The van der Waals surface area contributed by atoms with Crippen LogP contribution in [0, 0.1) is 6.92 Å². The van der Waals surface area contributed by atoms with Crippen molar-refractivity contribution in [3.8, 4) is 0 Å². The molecule has 0 unspecified atom stereocenters. The topological polar surface area (TPSA) is 53.0 Å². The molecule has 4 rings (SSSR count). The van der Waals surface area contributed by atoms with Crippen LogP contribution in [0.3, 0.4) is 0 Å². The van der Waals surface area contributed by atoms with E-state index < -0.39 is 12.1 Å². The second-order valence-corrected chi connectivity index (χ2v) is 5.84. The highest BCUT2D eigenvalue weighted by molar-refractivity contribution is 8.16. The molecule has 0 spiro atoms. The van der Waals surface area contributed by atoms with Gasteiger partial charge in [0.05, 0.1) is 5.69 Å². The monoisotopic (exact) mass is 285 g/mol. The van der Waals surface area contributed by atoms with Gasteiger partial charge in [0, 0.05) is 6.20 Å². The molecule has 0 aromatic heterocycles. The van der Waals surface area contributed by atoms with Crippen LogP contribution in [0.4, 0.5) is 5.69 Å². The average Bonchev–Trinajstić information content (AvgIpc) is 3.03. The molecule has 0 saturated carbocycles. The first-order valence-electron chi connectivity index (χ1n) is 6.31. The van der Waals surface area contributed by atoms with Gasteiger partial charge in [-0.3, -0.25) is 9.59 Å². The molecule has 5 nitrogen and oxygen atoms in total. The van der Waals surface area contributed by atoms with Crippen LogP contribution >= 0.6 is 11.8 Å². The summed E-state index contributed by atoms with van der Waals surface area (Å²) in [6, 6.07) is 6.30. The molecule has 1 aromatic rings. The Balaban J connectivity index is 1.76. The van der Waals surface area contributed by atoms with E-state index in [-0.39, 0.29) is 11.8 Å². The average molecular weight is 285 g/mol. The summed E-state index contributed by atoms with van der Waals surface area (Å²) in [5.41, 5.74) is 1.64. The van der Waals surface area contributed by atoms with E-state index in [1.54, 1.807) is 11.0 Å². The predicted molar refractivity (Wildman–Crippen MR) is 77.3 cm³/mol. The fourth-order valence-corrected chi connectivity index (χ4v) is 3.56. The lowest BCUT2D eigenvalue weighted by Crippen LogP contribution is -2.39. The predicted octanol–water partition coefficient (Wildman–Crippen LogP) is 1.50. The van der Waals surface area contributed by atoms with E-state index in [4.69, 9.17) is 0 Å². The summed E-state index contributed by atoms with van der Waals surface area (Å²) in [7, 11) is 0. The summed E-state index contributed by atoms with van der Waals surface area (Å²) in [6.07, 6.45) is 1.82. The van der Waals surface area contributed by atoms with Crippen LogP contribution in [0.5, 0.6) is 0 Å². The third kappa shape index (κ3) is 1.42. The molecule has 0 bridgehead atoms. The first-order chi connectivity index (χ1) is 9.66. The van der Waals surface area contributed by atoms with Crippen molar-refractivity contribution in [2.45, 2.75) is 19.0 Å². The SMILES string of the molecule is Cc1cccc(N2C(=O)[C@@H]3N=C4SC=CN4[C@H]3C2=O)c1. The Morgan fingerprint density at radius 2 is 2.10 bits per heavy atom. The first kappa shape index (κ1) is 11.7. The van der Waals surface area contributed by atoms with Crippen molar-refractivity contribution in [3.05, 3.63) is 41.4 Å². The van der Waals surface area contributed by atoms with Crippen molar-refractivity contribution in [3.63, 3.8) is 0 Å². The molecule has 6 heteroatoms. The number of carbonyl (C=O) groups excluding carboxylic acids is 2. The van der Waals surface area contributed by atoms with E-state index in [9.17, 15) is 9.59 Å². The van der Waals surface area contributed by atoms with Gasteiger partial charge < -0.3 is 4.90 Å². The van der Waals surface area contributed by atoms with Gasteiger partial charge in [0.25, 0.3) is 11.8 Å². The molecule has 2 amide bonds. The van der Waals surface area contributed by atoms with Gasteiger partial charge in [0.15, 0.2) is 11.2 Å². The second-order valence-electron chi connectivity index (χ2n) is 4.96. The number of imide groups is 1. The van der Waals surface area contributed by atoms with Crippen LogP contribution < -0.4 is 4.90 Å². The minimum atomic E-state index is -0.601. The molecule has 3 heterocycles. The van der Waals surface area contributed by atoms with Gasteiger partial charge >= 0.3 is 0 Å². The van der Waals surface area contributed by atoms with Gasteiger partial charge in [0.2, 0.25) is 0 Å². The normalized spacial score (nSPS) is 27.1. The van der Waals surface area contributed by atoms with Crippen LogP contribution in [0.15, 0.2) is 40.9 Å². The zero-order chi connectivity index (χ0) is 13.9. The molecule has 3 aliphatic heterocycles. The maximum absolute atomic E-state index is 12.6. The van der Waals surface area contributed by atoms with Crippen molar-refractivity contribution >= 4 is 34.4 Å². The maximum Gasteiger partial charge on any atom is 0.261 e. The molecule has 0 aliphatic carbocycles. The number of nitrogens with zero attached hydrogens (tertiary/aromatic N) is 3. The number of anilines is 1. The molecule has 1 aromatic carbocycles. The lowest BCUT2D eigenvalue weighted by molar-refractivity contribution is -0.122. The van der Waals surface area contributed by atoms with Crippen LogP contribution in [-0.2, 0) is 9.59 Å². The summed E-state index contributed by atoms with van der Waals surface area (Å²) in [5.74, 6) is -0.432. The Kier molecular flexibility index (Phi) is 2.32. The van der Waals surface area contributed by atoms with Gasteiger partial charge in [-0.15, -0.1) is 0 Å². The Morgan fingerprint density at radius 3 is 2.90 bits per heavy atom. The van der Waals surface area contributed by atoms with Gasteiger partial charge in [-0.05, 0) is 30.0 Å². The molecule has 1 saturated heterocycles. The second kappa shape index (κ2) is 3.96. The number of carbonyl (C=O) groups is 2. The minimum absolute atomic E-state index is 0.198. The number of rotatable bonds is 1. The summed E-state index contributed by atoms with van der Waals surface area (Å²) in [6.45, 7) is 1.94. The van der Waals surface area contributed by atoms with E-state index in [1.807, 2.05) is 36.7 Å². The van der Waals surface area contributed by atoms with Gasteiger partial charge in [-0.2, -0.15) is 0 Å². The van der Waals surface area contributed by atoms with Crippen LogP contribution in [0.25, 0.3) is 0 Å². The maximum atomic E-state index is 12.6. The number of hydrogen-bond acceptors (Lipinski definition) is 5. The number of fused-ring (bicyclic) bond motifs is 3. The molecule has 1 fully saturated rings. The highest BCUT2D eigenvalue weighted by Gasteiger charge is 2.55. The van der Waals surface area contributed by atoms with E-state index in [2.05, 4.69) is 4.99 Å². The molecule has 0 N–H and O–H groups in total. The largest absolute Gasteiger partial charge is 0.312 e. The van der Waals surface area contributed by atoms with Gasteiger partial charge in [-0.1, -0.05) is 23.9 Å². The van der Waals surface area contributed by atoms with Crippen LogP contribution in [0.1, 0.15) is 5.56 Å². The number of benzene rings is 1. The molecular weight excluding hydrogens is 274 g/mol. The number of amidine groups is 1. The highest BCUT2D eigenvalue weighted by Crippen LogP contribution is 2.37. The third-order valence-electron chi connectivity index (χ3n) is 3.67. The molecule has 3 aliphatic rings. The fourth-order valence-electron chi connectivity index (χ4n) is 2.77. The zero-order valence-electron chi connectivity index (χ0n) is 10.7. The molecule has 20 heavy (non-hydrogen) atoms. The molecular formula is C14H11N3O2S. The van der Waals surface area contributed by atoms with Crippen molar-refractivity contribution in [2.75, 3.05) is 4.90 Å². The summed E-state index contributed by atoms with van der Waals surface area (Å²) >= 11 is 1.45. The van der Waals surface area contributed by atoms with E-state index in [1.165, 1.54) is 16.7 Å². The van der Waals surface area contributed by atoms with Crippen molar-refractivity contribution in [1.82, 2.24) is 4.90 Å². The van der Waals surface area contributed by atoms with E-state index in [0.717, 1.165) is 10.7 Å². The zero-order valence-corrected chi connectivity index (χ0v) is 11.5. The lowest BCUT2D eigenvalue weighted by atomic mass is 10.2. The third-order valence-corrected chi connectivity index (χ3v) is 4.46. The fraction of sp³-hybridized carbons (Fsp3) is 0.214. The highest BCUT2D eigenvalue weighted by atomic mass is 32.2. The Morgan fingerprint density at radius 1 is 1.25 bits per heavy atom. The van der Waals surface area contributed by atoms with Gasteiger partial charge in [-0.25, -0.2) is 9.89 Å². The summed E-state index contributed by atoms with van der Waals surface area (Å²) < 4.78 is 0. The Bertz CT molecular complexity index is 697. The van der Waals surface area contributed by atoms with Crippen LogP contribution in [0.2, 0.25) is 0 Å². The van der Waals surface area contributed by atoms with Crippen molar-refractivity contribution in [1.29, 1.82) is 0 Å². The standard InChI is InChI=1S/C14H11N3O2S/c1-8-3-2-4-9(7-8)17-12(18)10-11(13(17)19)16-5-6-20-14(16)15-10/h2-7,10-11H,1H3/t10-,11-/m1/s1. The minimum Gasteiger partial charge on any atom is -0.312 e. The van der Waals surface area contributed by atoms with E-state index in [0.29, 0.717) is 5.69 Å². The number of thioether (sulfide) groups is 1. The summed E-state index contributed by atoms with van der Waals surface area (Å²) in [5, 5.41) is 2.62. The number of aryl methyl sites for hydroxylation is 1. The lowest BCUT2D eigenvalue weighted by Gasteiger charge is -2.19. The number of hydrogen-bond donors (Lipinski definition) is 0. The molecule has 2 atom stereocenters. The number of amides is 2. The molecule has 100 valence electrons. The first-order valence-corrected chi connectivity index (χ1v) is 7.19. The van der Waals surface area contributed by atoms with Gasteiger partial charge in [0.1, 0.15) is 6.04 Å². The van der Waals surface area contributed by atoms with Crippen molar-refractivity contribution in [2.24, 2.45) is 4.99 Å².